The van der Waals surface area contributed by atoms with Gasteiger partial charge in [0.25, 0.3) is 5.56 Å². The van der Waals surface area contributed by atoms with Gasteiger partial charge in [-0.15, -0.1) is 11.8 Å². The van der Waals surface area contributed by atoms with Gasteiger partial charge >= 0.3 is 0 Å². The van der Waals surface area contributed by atoms with E-state index in [1.54, 1.807) is 21.3 Å². The monoisotopic (exact) mass is 457 g/mol. The predicted octanol–water partition coefficient (Wildman–Crippen LogP) is 4.41. The van der Waals surface area contributed by atoms with E-state index in [0.717, 1.165) is 21.4 Å². The highest BCUT2D eigenvalue weighted by atomic mass is 79.9. The number of anilines is 1. The first-order valence-electron chi connectivity index (χ1n) is 8.98. The van der Waals surface area contributed by atoms with Crippen LogP contribution in [0.5, 0.6) is 0 Å². The molecular weight excluding hydrogens is 438 g/mol. The second-order valence-corrected chi connectivity index (χ2v) is 9.15. The van der Waals surface area contributed by atoms with Crippen LogP contribution in [0, 0.1) is 6.92 Å². The van der Waals surface area contributed by atoms with Crippen LogP contribution in [0.3, 0.4) is 0 Å². The summed E-state index contributed by atoms with van der Waals surface area (Å²) in [6.45, 7) is 3.78. The lowest BCUT2D eigenvalue weighted by Crippen LogP contribution is -2.34. The molecule has 0 aliphatic carbocycles. The molecule has 1 aliphatic rings. The molecule has 2 atom stereocenters. The Hall–Kier alpha value is -2.25. The van der Waals surface area contributed by atoms with Crippen LogP contribution in [0.4, 0.5) is 5.69 Å². The van der Waals surface area contributed by atoms with Crippen LogP contribution in [0.2, 0.25) is 0 Å². The van der Waals surface area contributed by atoms with Gasteiger partial charge in [0.15, 0.2) is 0 Å². The third kappa shape index (κ3) is 3.02. The Kier molecular flexibility index (Phi) is 4.97. The molecule has 28 heavy (non-hydrogen) atoms. The molecule has 2 aromatic carbocycles. The lowest BCUT2D eigenvalue weighted by atomic mass is 10.2. The van der Waals surface area contributed by atoms with E-state index in [-0.39, 0.29) is 22.1 Å². The normalized spacial score (nSPS) is 19.4. The molecule has 0 radical (unpaired) electrons. The van der Waals surface area contributed by atoms with E-state index in [1.165, 1.54) is 0 Å². The first kappa shape index (κ1) is 19.1. The van der Waals surface area contributed by atoms with Crippen molar-refractivity contribution in [1.82, 2.24) is 9.36 Å². The SMILES string of the molecule is Cc1c(N2C(=O)[C@@H](C)S[C@H]2c2cccc(Br)c2)c(=O)n(-c2ccccc2)n1C. The molecule has 0 saturated carbocycles. The maximum atomic E-state index is 13.4. The quantitative estimate of drug-likeness (QED) is 0.584. The molecule has 5 nitrogen and oxygen atoms in total. The number of halogens is 1. The van der Waals surface area contributed by atoms with Crippen LogP contribution in [-0.4, -0.2) is 20.5 Å². The van der Waals surface area contributed by atoms with Gasteiger partial charge in [0.1, 0.15) is 11.1 Å². The third-order valence-electron chi connectivity index (χ3n) is 5.05. The van der Waals surface area contributed by atoms with Crippen molar-refractivity contribution < 1.29 is 4.79 Å². The van der Waals surface area contributed by atoms with Crippen molar-refractivity contribution in [3.05, 3.63) is 80.7 Å². The Morgan fingerprint density at radius 2 is 1.75 bits per heavy atom. The summed E-state index contributed by atoms with van der Waals surface area (Å²) >= 11 is 5.07. The number of hydrogen-bond acceptors (Lipinski definition) is 3. The molecule has 144 valence electrons. The molecule has 0 bridgehead atoms. The van der Waals surface area contributed by atoms with Crippen molar-refractivity contribution in [1.29, 1.82) is 0 Å². The Balaban J connectivity index is 1.89. The number of thioether (sulfide) groups is 1. The number of hydrogen-bond donors (Lipinski definition) is 0. The number of rotatable bonds is 3. The second-order valence-electron chi connectivity index (χ2n) is 6.80. The number of nitrogens with zero attached hydrogens (tertiary/aromatic N) is 3. The maximum absolute atomic E-state index is 13.4. The summed E-state index contributed by atoms with van der Waals surface area (Å²) < 4.78 is 4.37. The molecular formula is C21H20BrN3O2S. The number of benzene rings is 2. The average Bonchev–Trinajstić information content (AvgIpc) is 3.09. The minimum absolute atomic E-state index is 0.0408. The van der Waals surface area contributed by atoms with E-state index < -0.39 is 0 Å². The van der Waals surface area contributed by atoms with Gasteiger partial charge in [-0.05, 0) is 43.7 Å². The fourth-order valence-corrected chi connectivity index (χ4v) is 5.24. The summed E-state index contributed by atoms with van der Waals surface area (Å²) in [4.78, 5) is 28.2. The van der Waals surface area contributed by atoms with Crippen molar-refractivity contribution in [2.75, 3.05) is 4.90 Å². The molecule has 0 unspecified atom stereocenters. The van der Waals surface area contributed by atoms with Crippen LogP contribution in [0.15, 0.2) is 63.9 Å². The second kappa shape index (κ2) is 7.29. The highest BCUT2D eigenvalue weighted by Gasteiger charge is 2.42. The van der Waals surface area contributed by atoms with Gasteiger partial charge < -0.3 is 0 Å². The van der Waals surface area contributed by atoms with E-state index in [2.05, 4.69) is 15.9 Å². The summed E-state index contributed by atoms with van der Waals surface area (Å²) in [7, 11) is 1.85. The standard InChI is InChI=1S/C21H20BrN3O2S/c1-13-18(20(27)25(23(13)3)17-10-5-4-6-11-17)24-19(26)14(2)28-21(24)15-8-7-9-16(22)12-15/h4-12,14,21H,1-3H3/t14-,21+/m1/s1. The lowest BCUT2D eigenvalue weighted by molar-refractivity contribution is -0.117. The first-order chi connectivity index (χ1) is 13.4. The van der Waals surface area contributed by atoms with Crippen molar-refractivity contribution in [3.8, 4) is 5.69 Å². The topological polar surface area (TPSA) is 47.2 Å². The summed E-state index contributed by atoms with van der Waals surface area (Å²) in [6, 6.07) is 17.4. The molecule has 7 heteroatoms. The largest absolute Gasteiger partial charge is 0.295 e. The number of aromatic nitrogens is 2. The van der Waals surface area contributed by atoms with Crippen molar-refractivity contribution in [3.63, 3.8) is 0 Å². The zero-order chi connectivity index (χ0) is 20.0. The zero-order valence-corrected chi connectivity index (χ0v) is 18.2. The minimum atomic E-state index is -0.238. The Morgan fingerprint density at radius 1 is 1.04 bits per heavy atom. The van der Waals surface area contributed by atoms with Crippen LogP contribution in [0.1, 0.15) is 23.6 Å². The summed E-state index contributed by atoms with van der Waals surface area (Å²) in [6.07, 6.45) is 0. The number of carbonyl (C=O) groups excluding carboxylic acids is 1. The van der Waals surface area contributed by atoms with E-state index in [4.69, 9.17) is 0 Å². The third-order valence-corrected chi connectivity index (χ3v) is 6.90. The molecule has 1 amide bonds. The summed E-state index contributed by atoms with van der Waals surface area (Å²) in [5, 5.41) is -0.453. The highest BCUT2D eigenvalue weighted by molar-refractivity contribution is 9.10. The van der Waals surface area contributed by atoms with Crippen molar-refractivity contribution in [2.45, 2.75) is 24.5 Å². The van der Waals surface area contributed by atoms with E-state index in [9.17, 15) is 9.59 Å². The van der Waals surface area contributed by atoms with Gasteiger partial charge in [0.2, 0.25) is 5.91 Å². The van der Waals surface area contributed by atoms with Gasteiger partial charge in [-0.2, -0.15) is 0 Å². The molecule has 1 saturated heterocycles. The van der Waals surface area contributed by atoms with Gasteiger partial charge in [0, 0.05) is 11.5 Å². The molecule has 2 heterocycles. The molecule has 3 aromatic rings. The molecule has 0 N–H and O–H groups in total. The lowest BCUT2D eigenvalue weighted by Gasteiger charge is -2.23. The number of carbonyl (C=O) groups is 1. The van der Waals surface area contributed by atoms with Crippen LogP contribution >= 0.6 is 27.7 Å². The first-order valence-corrected chi connectivity index (χ1v) is 10.7. The summed E-state index contributed by atoms with van der Waals surface area (Å²) in [5.41, 5.74) is 2.78. The highest BCUT2D eigenvalue weighted by Crippen LogP contribution is 2.45. The smallest absolute Gasteiger partial charge is 0.288 e. The fraction of sp³-hybridized carbons (Fsp3) is 0.238. The number of amides is 1. The van der Waals surface area contributed by atoms with Crippen LogP contribution < -0.4 is 10.5 Å². The van der Waals surface area contributed by atoms with E-state index in [0.29, 0.717) is 5.69 Å². The van der Waals surface area contributed by atoms with E-state index in [1.807, 2.05) is 80.2 Å². The molecule has 1 fully saturated rings. The molecule has 1 aromatic heterocycles. The average molecular weight is 458 g/mol. The predicted molar refractivity (Wildman–Crippen MR) is 117 cm³/mol. The van der Waals surface area contributed by atoms with Gasteiger partial charge in [-0.1, -0.05) is 46.3 Å². The minimum Gasteiger partial charge on any atom is -0.288 e. The van der Waals surface area contributed by atoms with Crippen molar-refractivity contribution >= 4 is 39.3 Å². The maximum Gasteiger partial charge on any atom is 0.295 e. The van der Waals surface area contributed by atoms with E-state index >= 15 is 0 Å². The Labute approximate surface area is 176 Å². The van der Waals surface area contributed by atoms with Crippen molar-refractivity contribution in [2.24, 2.45) is 7.05 Å². The zero-order valence-electron chi connectivity index (χ0n) is 15.8. The van der Waals surface area contributed by atoms with Gasteiger partial charge in [-0.3, -0.25) is 19.2 Å². The van der Waals surface area contributed by atoms with Crippen LogP contribution in [-0.2, 0) is 11.8 Å². The molecule has 4 rings (SSSR count). The molecule has 1 aliphatic heterocycles. The van der Waals surface area contributed by atoms with Gasteiger partial charge in [0.05, 0.1) is 16.6 Å². The molecule has 0 spiro atoms. The Morgan fingerprint density at radius 3 is 2.43 bits per heavy atom. The van der Waals surface area contributed by atoms with Gasteiger partial charge in [-0.25, -0.2) is 4.68 Å². The Bertz CT molecular complexity index is 1110. The number of para-hydroxylation sites is 1. The summed E-state index contributed by atoms with van der Waals surface area (Å²) in [5.74, 6) is -0.0408. The van der Waals surface area contributed by atoms with Crippen LogP contribution in [0.25, 0.3) is 5.69 Å². The fourth-order valence-electron chi connectivity index (χ4n) is 3.57.